The highest BCUT2D eigenvalue weighted by molar-refractivity contribution is 7.99. The number of benzene rings is 1. The SMILES string of the molecule is CC1CCSCC(c2cccc(F)c2)N1. The Morgan fingerprint density at radius 2 is 2.33 bits per heavy atom. The van der Waals surface area contributed by atoms with Crippen LogP contribution in [0.3, 0.4) is 0 Å². The van der Waals surface area contributed by atoms with Crippen LogP contribution in [0, 0.1) is 5.82 Å². The zero-order valence-electron chi connectivity index (χ0n) is 8.87. The summed E-state index contributed by atoms with van der Waals surface area (Å²) in [6, 6.07) is 7.73. The number of nitrogens with one attached hydrogen (secondary N) is 1. The zero-order chi connectivity index (χ0) is 10.7. The third-order valence-corrected chi connectivity index (χ3v) is 3.81. The molecule has 1 aromatic carbocycles. The molecule has 0 saturated carbocycles. The number of halogens is 1. The van der Waals surface area contributed by atoms with Crippen molar-refractivity contribution in [2.45, 2.75) is 25.4 Å². The Kier molecular flexibility index (Phi) is 3.65. The van der Waals surface area contributed by atoms with Gasteiger partial charge in [0.2, 0.25) is 0 Å². The van der Waals surface area contributed by atoms with Crippen LogP contribution in [0.2, 0.25) is 0 Å². The quantitative estimate of drug-likeness (QED) is 0.788. The average molecular weight is 225 g/mol. The van der Waals surface area contributed by atoms with Crippen molar-refractivity contribution in [1.82, 2.24) is 5.32 Å². The molecule has 0 amide bonds. The highest BCUT2D eigenvalue weighted by Crippen LogP contribution is 2.24. The van der Waals surface area contributed by atoms with Crippen molar-refractivity contribution in [3.8, 4) is 0 Å². The van der Waals surface area contributed by atoms with Gasteiger partial charge in [-0.15, -0.1) is 0 Å². The normalized spacial score (nSPS) is 27.3. The molecule has 1 fully saturated rings. The smallest absolute Gasteiger partial charge is 0.123 e. The minimum atomic E-state index is -0.142. The summed E-state index contributed by atoms with van der Waals surface area (Å²) in [5.41, 5.74) is 1.07. The first kappa shape index (κ1) is 11.0. The largest absolute Gasteiger partial charge is 0.307 e. The maximum Gasteiger partial charge on any atom is 0.123 e. The maximum atomic E-state index is 13.1. The van der Waals surface area contributed by atoms with Gasteiger partial charge in [-0.25, -0.2) is 4.39 Å². The third-order valence-electron chi connectivity index (χ3n) is 2.72. The van der Waals surface area contributed by atoms with Gasteiger partial charge >= 0.3 is 0 Å². The van der Waals surface area contributed by atoms with Gasteiger partial charge in [-0.1, -0.05) is 12.1 Å². The van der Waals surface area contributed by atoms with Crippen LogP contribution >= 0.6 is 11.8 Å². The molecule has 1 saturated heterocycles. The van der Waals surface area contributed by atoms with E-state index in [-0.39, 0.29) is 5.82 Å². The molecule has 15 heavy (non-hydrogen) atoms. The molecule has 2 rings (SSSR count). The summed E-state index contributed by atoms with van der Waals surface area (Å²) >= 11 is 1.94. The first-order chi connectivity index (χ1) is 7.25. The Hall–Kier alpha value is -0.540. The van der Waals surface area contributed by atoms with Crippen molar-refractivity contribution in [2.24, 2.45) is 0 Å². The van der Waals surface area contributed by atoms with E-state index >= 15 is 0 Å². The molecule has 1 heterocycles. The van der Waals surface area contributed by atoms with E-state index in [9.17, 15) is 4.39 Å². The Balaban J connectivity index is 2.14. The topological polar surface area (TPSA) is 12.0 Å². The van der Waals surface area contributed by atoms with Crippen molar-refractivity contribution < 1.29 is 4.39 Å². The second-order valence-corrected chi connectivity index (χ2v) is 5.19. The highest BCUT2D eigenvalue weighted by atomic mass is 32.2. The Morgan fingerprint density at radius 1 is 1.47 bits per heavy atom. The molecule has 2 unspecified atom stereocenters. The molecule has 0 bridgehead atoms. The minimum absolute atomic E-state index is 0.142. The lowest BCUT2D eigenvalue weighted by Crippen LogP contribution is -2.30. The van der Waals surface area contributed by atoms with Crippen LogP contribution in [0.5, 0.6) is 0 Å². The van der Waals surface area contributed by atoms with E-state index in [0.717, 1.165) is 11.3 Å². The predicted octanol–water partition coefficient (Wildman–Crippen LogP) is 2.98. The summed E-state index contributed by atoms with van der Waals surface area (Å²) in [7, 11) is 0. The minimum Gasteiger partial charge on any atom is -0.307 e. The summed E-state index contributed by atoms with van der Waals surface area (Å²) in [5, 5.41) is 3.53. The molecule has 2 atom stereocenters. The van der Waals surface area contributed by atoms with E-state index in [2.05, 4.69) is 12.2 Å². The maximum absolute atomic E-state index is 13.1. The molecule has 82 valence electrons. The van der Waals surface area contributed by atoms with Gasteiger partial charge in [-0.05, 0) is 36.8 Å². The summed E-state index contributed by atoms with van der Waals surface area (Å²) in [6.07, 6.45) is 1.19. The van der Waals surface area contributed by atoms with Gasteiger partial charge in [0.25, 0.3) is 0 Å². The molecule has 0 radical (unpaired) electrons. The van der Waals surface area contributed by atoms with E-state index in [0.29, 0.717) is 12.1 Å². The fourth-order valence-corrected chi connectivity index (χ4v) is 3.06. The number of hydrogen-bond donors (Lipinski definition) is 1. The van der Waals surface area contributed by atoms with Gasteiger partial charge in [0, 0.05) is 17.8 Å². The van der Waals surface area contributed by atoms with Crippen LogP contribution in [-0.2, 0) is 0 Å². The van der Waals surface area contributed by atoms with Gasteiger partial charge in [-0.2, -0.15) is 11.8 Å². The van der Waals surface area contributed by atoms with Gasteiger partial charge in [-0.3, -0.25) is 0 Å². The first-order valence-corrected chi connectivity index (χ1v) is 6.50. The zero-order valence-corrected chi connectivity index (χ0v) is 9.69. The van der Waals surface area contributed by atoms with Crippen LogP contribution in [0.15, 0.2) is 24.3 Å². The van der Waals surface area contributed by atoms with Crippen molar-refractivity contribution >= 4 is 11.8 Å². The van der Waals surface area contributed by atoms with Gasteiger partial charge in [0.15, 0.2) is 0 Å². The summed E-state index contributed by atoms with van der Waals surface area (Å²) in [6.45, 7) is 2.19. The van der Waals surface area contributed by atoms with E-state index in [4.69, 9.17) is 0 Å². The van der Waals surface area contributed by atoms with Crippen LogP contribution in [0.25, 0.3) is 0 Å². The second kappa shape index (κ2) is 4.99. The van der Waals surface area contributed by atoms with Gasteiger partial charge in [0.1, 0.15) is 5.82 Å². The van der Waals surface area contributed by atoms with Crippen molar-refractivity contribution in [1.29, 1.82) is 0 Å². The van der Waals surface area contributed by atoms with Crippen molar-refractivity contribution in [3.63, 3.8) is 0 Å². The molecule has 1 aliphatic heterocycles. The van der Waals surface area contributed by atoms with Crippen LogP contribution < -0.4 is 5.32 Å². The summed E-state index contributed by atoms with van der Waals surface area (Å²) < 4.78 is 13.1. The second-order valence-electron chi connectivity index (χ2n) is 4.04. The standard InChI is InChI=1S/C12H16FNS/c1-9-5-6-15-8-12(14-9)10-3-2-4-11(13)7-10/h2-4,7,9,12,14H,5-6,8H2,1H3. The Bertz CT molecular complexity index is 329. The van der Waals surface area contributed by atoms with E-state index < -0.39 is 0 Å². The lowest BCUT2D eigenvalue weighted by Gasteiger charge is -2.19. The van der Waals surface area contributed by atoms with Crippen molar-refractivity contribution in [3.05, 3.63) is 35.6 Å². The molecule has 1 N–H and O–H groups in total. The molecule has 0 spiro atoms. The molecular formula is C12H16FNS. The molecule has 1 nitrogen and oxygen atoms in total. The molecule has 0 aromatic heterocycles. The lowest BCUT2D eigenvalue weighted by molar-refractivity contribution is 0.483. The lowest BCUT2D eigenvalue weighted by atomic mass is 10.1. The Labute approximate surface area is 94.5 Å². The Morgan fingerprint density at radius 3 is 3.13 bits per heavy atom. The summed E-state index contributed by atoms with van der Waals surface area (Å²) in [4.78, 5) is 0. The molecule has 1 aliphatic rings. The number of hydrogen-bond acceptors (Lipinski definition) is 2. The van der Waals surface area contributed by atoms with Crippen LogP contribution in [-0.4, -0.2) is 17.5 Å². The predicted molar refractivity (Wildman–Crippen MR) is 63.7 cm³/mol. The first-order valence-electron chi connectivity index (χ1n) is 5.35. The number of thioether (sulfide) groups is 1. The van der Waals surface area contributed by atoms with Crippen LogP contribution in [0.4, 0.5) is 4.39 Å². The molecule has 0 aliphatic carbocycles. The molecule has 3 heteroatoms. The van der Waals surface area contributed by atoms with E-state index in [1.165, 1.54) is 18.2 Å². The third kappa shape index (κ3) is 2.95. The molecular weight excluding hydrogens is 209 g/mol. The average Bonchev–Trinajstić information content (AvgIpc) is 2.43. The fraction of sp³-hybridized carbons (Fsp3) is 0.500. The molecule has 1 aromatic rings. The summed E-state index contributed by atoms with van der Waals surface area (Å²) in [5.74, 6) is 2.09. The van der Waals surface area contributed by atoms with E-state index in [1.54, 1.807) is 12.1 Å². The van der Waals surface area contributed by atoms with Crippen LogP contribution in [0.1, 0.15) is 24.9 Å². The number of rotatable bonds is 1. The van der Waals surface area contributed by atoms with Gasteiger partial charge in [0.05, 0.1) is 0 Å². The monoisotopic (exact) mass is 225 g/mol. The van der Waals surface area contributed by atoms with E-state index in [1.807, 2.05) is 17.8 Å². The fourth-order valence-electron chi connectivity index (χ4n) is 1.85. The van der Waals surface area contributed by atoms with Gasteiger partial charge < -0.3 is 5.32 Å². The highest BCUT2D eigenvalue weighted by Gasteiger charge is 2.17. The van der Waals surface area contributed by atoms with Crippen molar-refractivity contribution in [2.75, 3.05) is 11.5 Å².